The average Bonchev–Trinajstić information content (AvgIpc) is 2.37. The molecular formula is C11H24S6. The second-order valence-corrected chi connectivity index (χ2v) is 9.80. The van der Waals surface area contributed by atoms with Crippen molar-refractivity contribution in [1.29, 1.82) is 0 Å². The van der Waals surface area contributed by atoms with Crippen molar-refractivity contribution in [2.75, 3.05) is 34.5 Å². The van der Waals surface area contributed by atoms with Crippen LogP contribution in [0.3, 0.4) is 0 Å². The van der Waals surface area contributed by atoms with Gasteiger partial charge >= 0.3 is 0 Å². The Labute approximate surface area is 136 Å². The SMILES string of the molecule is CCCCC(SCCS)(SCCS)SCCS. The summed E-state index contributed by atoms with van der Waals surface area (Å²) in [5.41, 5.74) is 0. The minimum atomic E-state index is 0.310. The van der Waals surface area contributed by atoms with Crippen molar-refractivity contribution in [3.63, 3.8) is 0 Å². The van der Waals surface area contributed by atoms with Crippen molar-refractivity contribution in [3.05, 3.63) is 0 Å². The molecule has 0 saturated carbocycles. The summed E-state index contributed by atoms with van der Waals surface area (Å²) < 4.78 is 0.310. The summed E-state index contributed by atoms with van der Waals surface area (Å²) in [4.78, 5) is 0. The maximum atomic E-state index is 4.34. The molecule has 0 spiro atoms. The third kappa shape index (κ3) is 9.61. The highest BCUT2D eigenvalue weighted by Gasteiger charge is 2.30. The van der Waals surface area contributed by atoms with Crippen LogP contribution in [0.1, 0.15) is 26.2 Å². The second-order valence-electron chi connectivity index (χ2n) is 3.50. The van der Waals surface area contributed by atoms with Crippen molar-refractivity contribution >= 4 is 73.2 Å². The standard InChI is InChI=1S/C11H24S6/c1-2-3-4-11(15-8-5-12,16-9-6-13)17-10-7-14/h12-14H,2-10H2,1H3. The van der Waals surface area contributed by atoms with Gasteiger partial charge in [0.15, 0.2) is 0 Å². The van der Waals surface area contributed by atoms with Crippen molar-refractivity contribution in [2.45, 2.75) is 29.6 Å². The molecule has 0 aromatic heterocycles. The lowest BCUT2D eigenvalue weighted by molar-refractivity contribution is 0.746. The normalized spacial score (nSPS) is 12.0. The molecular weight excluding hydrogens is 325 g/mol. The van der Waals surface area contributed by atoms with E-state index >= 15 is 0 Å². The first-order chi connectivity index (χ1) is 8.24. The smallest absolute Gasteiger partial charge is 0.107 e. The Kier molecular flexibility index (Phi) is 14.7. The molecule has 0 fully saturated rings. The van der Waals surface area contributed by atoms with Gasteiger partial charge in [-0.25, -0.2) is 0 Å². The van der Waals surface area contributed by atoms with Gasteiger partial charge in [-0.15, -0.1) is 35.3 Å². The van der Waals surface area contributed by atoms with Crippen LogP contribution in [0.25, 0.3) is 0 Å². The quantitative estimate of drug-likeness (QED) is 0.342. The third-order valence-electron chi connectivity index (χ3n) is 2.08. The van der Waals surface area contributed by atoms with E-state index in [-0.39, 0.29) is 0 Å². The number of hydrogen-bond acceptors (Lipinski definition) is 6. The van der Waals surface area contributed by atoms with E-state index in [2.05, 4.69) is 80.1 Å². The zero-order valence-electron chi connectivity index (χ0n) is 10.4. The van der Waals surface area contributed by atoms with Gasteiger partial charge in [-0.3, -0.25) is 0 Å². The van der Waals surface area contributed by atoms with Crippen LogP contribution in [0, 0.1) is 0 Å². The molecule has 6 heteroatoms. The Morgan fingerprint density at radius 3 is 1.53 bits per heavy atom. The molecule has 104 valence electrons. The lowest BCUT2D eigenvalue weighted by Gasteiger charge is -2.32. The molecule has 17 heavy (non-hydrogen) atoms. The molecule has 0 atom stereocenters. The van der Waals surface area contributed by atoms with Gasteiger partial charge in [-0.05, 0) is 23.7 Å². The van der Waals surface area contributed by atoms with E-state index in [0.717, 1.165) is 34.5 Å². The number of hydrogen-bond donors (Lipinski definition) is 3. The van der Waals surface area contributed by atoms with Crippen LogP contribution in [0.15, 0.2) is 0 Å². The number of unbranched alkanes of at least 4 members (excludes halogenated alkanes) is 1. The van der Waals surface area contributed by atoms with E-state index in [4.69, 9.17) is 0 Å². The fourth-order valence-corrected chi connectivity index (χ4v) is 6.73. The number of rotatable bonds is 12. The maximum Gasteiger partial charge on any atom is 0.107 e. The molecule has 0 N–H and O–H groups in total. The summed E-state index contributed by atoms with van der Waals surface area (Å²) in [6, 6.07) is 0. The zero-order valence-corrected chi connectivity index (χ0v) is 15.6. The van der Waals surface area contributed by atoms with Gasteiger partial charge in [0, 0.05) is 17.3 Å². The maximum absolute atomic E-state index is 4.34. The van der Waals surface area contributed by atoms with Crippen molar-refractivity contribution in [1.82, 2.24) is 0 Å². The molecule has 0 unspecified atom stereocenters. The first-order valence-electron chi connectivity index (χ1n) is 5.99. The van der Waals surface area contributed by atoms with Crippen LogP contribution in [-0.2, 0) is 0 Å². The molecule has 0 aliphatic rings. The Morgan fingerprint density at radius 2 is 1.24 bits per heavy atom. The Bertz CT molecular complexity index is 127. The number of thioether (sulfide) groups is 3. The largest absolute Gasteiger partial charge is 0.179 e. The van der Waals surface area contributed by atoms with Crippen LogP contribution >= 0.6 is 73.2 Å². The molecule has 0 saturated heterocycles. The molecule has 0 aliphatic carbocycles. The molecule has 0 amide bonds. The van der Waals surface area contributed by atoms with Gasteiger partial charge in [-0.1, -0.05) is 19.8 Å². The van der Waals surface area contributed by atoms with Gasteiger partial charge in [0.2, 0.25) is 0 Å². The molecule has 0 radical (unpaired) electrons. The van der Waals surface area contributed by atoms with Gasteiger partial charge in [0.05, 0.1) is 0 Å². The number of thiol groups is 3. The lowest BCUT2D eigenvalue weighted by Crippen LogP contribution is -2.19. The van der Waals surface area contributed by atoms with E-state index in [1.54, 1.807) is 0 Å². The predicted octanol–water partition coefficient (Wildman–Crippen LogP) is 4.82. The molecule has 0 rings (SSSR count). The van der Waals surface area contributed by atoms with Crippen LogP contribution in [0.5, 0.6) is 0 Å². The first-order valence-corrected chi connectivity index (χ1v) is 10.8. The van der Waals surface area contributed by atoms with E-state index < -0.39 is 0 Å². The minimum Gasteiger partial charge on any atom is -0.179 e. The lowest BCUT2D eigenvalue weighted by atomic mass is 10.3. The Hall–Kier alpha value is 2.10. The van der Waals surface area contributed by atoms with Crippen molar-refractivity contribution in [2.24, 2.45) is 0 Å². The minimum absolute atomic E-state index is 0.310. The van der Waals surface area contributed by atoms with Gasteiger partial charge in [0.1, 0.15) is 3.41 Å². The molecule has 0 aromatic rings. The summed E-state index contributed by atoms with van der Waals surface area (Å²) in [6.07, 6.45) is 3.85. The van der Waals surface area contributed by atoms with E-state index in [0.29, 0.717) is 3.41 Å². The summed E-state index contributed by atoms with van der Waals surface area (Å²) in [5, 5.41) is 0. The molecule has 0 aromatic carbocycles. The zero-order chi connectivity index (χ0) is 13.0. The van der Waals surface area contributed by atoms with Crippen LogP contribution < -0.4 is 0 Å². The van der Waals surface area contributed by atoms with Crippen LogP contribution in [-0.4, -0.2) is 37.9 Å². The summed E-state index contributed by atoms with van der Waals surface area (Å²) in [6.45, 7) is 2.26. The van der Waals surface area contributed by atoms with Crippen molar-refractivity contribution in [3.8, 4) is 0 Å². The third-order valence-corrected chi connectivity index (χ3v) is 8.93. The topological polar surface area (TPSA) is 0 Å². The van der Waals surface area contributed by atoms with Crippen LogP contribution in [0.4, 0.5) is 0 Å². The van der Waals surface area contributed by atoms with Crippen LogP contribution in [0.2, 0.25) is 0 Å². The summed E-state index contributed by atoms with van der Waals surface area (Å²) in [5.74, 6) is 6.27. The van der Waals surface area contributed by atoms with Gasteiger partial charge in [-0.2, -0.15) is 37.9 Å². The average molecular weight is 349 g/mol. The van der Waals surface area contributed by atoms with Crippen molar-refractivity contribution < 1.29 is 0 Å². The highest BCUT2D eigenvalue weighted by molar-refractivity contribution is 8.34. The van der Waals surface area contributed by atoms with Gasteiger partial charge < -0.3 is 0 Å². The Balaban J connectivity index is 4.39. The monoisotopic (exact) mass is 348 g/mol. The van der Waals surface area contributed by atoms with Gasteiger partial charge in [0.25, 0.3) is 0 Å². The van der Waals surface area contributed by atoms with E-state index in [1.165, 1.54) is 19.3 Å². The van der Waals surface area contributed by atoms with E-state index in [1.807, 2.05) is 0 Å². The summed E-state index contributed by atoms with van der Waals surface area (Å²) >= 11 is 19.2. The second kappa shape index (κ2) is 13.1. The summed E-state index contributed by atoms with van der Waals surface area (Å²) in [7, 11) is 0. The Morgan fingerprint density at radius 1 is 0.824 bits per heavy atom. The highest BCUT2D eigenvalue weighted by Crippen LogP contribution is 2.50. The molecule has 0 heterocycles. The molecule has 0 nitrogen and oxygen atoms in total. The molecule has 0 bridgehead atoms. The van der Waals surface area contributed by atoms with E-state index in [9.17, 15) is 0 Å². The first kappa shape index (κ1) is 19.1. The fraction of sp³-hybridized carbons (Fsp3) is 1.00. The molecule has 0 aliphatic heterocycles. The fourth-order valence-electron chi connectivity index (χ4n) is 1.34. The predicted molar refractivity (Wildman–Crippen MR) is 101 cm³/mol. The highest BCUT2D eigenvalue weighted by atomic mass is 32.3.